The zero-order valence-electron chi connectivity index (χ0n) is 45.8. The summed E-state index contributed by atoms with van der Waals surface area (Å²) in [5.74, 6) is 1.19. The Morgan fingerprint density at radius 3 is 1.81 bits per heavy atom. The number of benzene rings is 8. The third kappa shape index (κ3) is 8.73. The second-order valence-corrected chi connectivity index (χ2v) is 23.4. The first-order valence-electron chi connectivity index (χ1n) is 26.4. The molecule has 0 saturated heterocycles. The molecule has 3 aromatic heterocycles. The number of hydrogen-bond donors (Lipinski definition) is 0. The van der Waals surface area contributed by atoms with E-state index in [9.17, 15) is 1.37 Å². The number of hydrogen-bond acceptors (Lipinski definition) is 3. The third-order valence-electron chi connectivity index (χ3n) is 15.0. The van der Waals surface area contributed by atoms with Crippen molar-refractivity contribution in [3.63, 3.8) is 0 Å². The van der Waals surface area contributed by atoms with Crippen LogP contribution in [0.2, 0.25) is 0 Å². The van der Waals surface area contributed by atoms with Gasteiger partial charge in [-0.15, -0.1) is 35.7 Å². The van der Waals surface area contributed by atoms with Crippen LogP contribution in [0.3, 0.4) is 0 Å². The standard InChI is InChI=1S/C69H63N4O.Pt/c1-43(2)44-34-45(36-47(35-44)68(6,7)8)52-27-19-28-59-55-24-14-12-22-53(55)54-23-13-15-25-56(54)60-37-48(69(9,10)11)38-63-66(60)72(65(52)59)42-71(63)49-20-18-21-50(40-49)74-51-30-31-58-57-26-16-17-29-61(57)73(62(58)41-51)64-39-46(32-33-70-64)67(3,4)5;/h12-39,42-43H,1-11H3;/q-3;/i43D;. The molecule has 1 aliphatic heterocycles. The minimum absolute atomic E-state index is 0. The fourth-order valence-corrected chi connectivity index (χ4v) is 10.9. The molecule has 0 N–H and O–H groups in total. The first-order chi connectivity index (χ1) is 35.7. The fourth-order valence-electron chi connectivity index (χ4n) is 10.9. The Hall–Kier alpha value is -7.33. The van der Waals surface area contributed by atoms with Crippen molar-refractivity contribution in [2.75, 3.05) is 4.90 Å². The van der Waals surface area contributed by atoms with Crippen molar-refractivity contribution in [2.24, 2.45) is 0 Å². The number of rotatable bonds is 6. The molecule has 0 radical (unpaired) electrons. The SMILES string of the molecule is [2H]C(C)(C)c1cc(-c2cccc3c4ccccc4c4ccccc4c4cc(C(C)(C)C)cc5c4n(c23)[CH-]N5c2[c-]c(Oc3[c-]c4c(cc3)c3ccccc3n4-c3cc(C(C)(C)C)ccn3)ccc2)cc(C(C)(C)C)c1.[Pt]. The quantitative estimate of drug-likeness (QED) is 0.156. The molecule has 0 spiro atoms. The van der Waals surface area contributed by atoms with Gasteiger partial charge in [-0.2, -0.15) is 12.1 Å². The van der Waals surface area contributed by atoms with Crippen LogP contribution in [0, 0.1) is 18.8 Å². The van der Waals surface area contributed by atoms with Crippen molar-refractivity contribution in [2.45, 2.75) is 98.3 Å². The molecule has 0 amide bonds. The van der Waals surface area contributed by atoms with Gasteiger partial charge in [-0.25, -0.2) is 4.98 Å². The maximum atomic E-state index is 9.33. The molecule has 378 valence electrons. The summed E-state index contributed by atoms with van der Waals surface area (Å²) in [7, 11) is 0. The topological polar surface area (TPSA) is 35.2 Å². The predicted molar refractivity (Wildman–Crippen MR) is 312 cm³/mol. The van der Waals surface area contributed by atoms with E-state index in [0.717, 1.165) is 82.9 Å². The van der Waals surface area contributed by atoms with E-state index in [1.54, 1.807) is 0 Å². The van der Waals surface area contributed by atoms with Crippen molar-refractivity contribution in [3.05, 3.63) is 211 Å². The Labute approximate surface area is 457 Å². The molecule has 0 unspecified atom stereocenters. The molecule has 1 aliphatic rings. The largest absolute Gasteiger partial charge is 0.509 e. The van der Waals surface area contributed by atoms with Crippen molar-refractivity contribution < 1.29 is 27.2 Å². The van der Waals surface area contributed by atoms with Crippen LogP contribution < -0.4 is 9.64 Å². The van der Waals surface area contributed by atoms with Gasteiger partial charge in [0.25, 0.3) is 0 Å². The molecule has 0 atom stereocenters. The molecule has 11 aromatic rings. The van der Waals surface area contributed by atoms with E-state index in [1.807, 2.05) is 32.2 Å². The van der Waals surface area contributed by atoms with Crippen molar-refractivity contribution in [1.29, 1.82) is 0 Å². The zero-order chi connectivity index (χ0) is 52.3. The van der Waals surface area contributed by atoms with E-state index < -0.39 is 5.89 Å². The number of ether oxygens (including phenoxy) is 1. The van der Waals surface area contributed by atoms with Crippen LogP contribution in [0.4, 0.5) is 11.4 Å². The normalized spacial score (nSPS) is 13.2. The third-order valence-corrected chi connectivity index (χ3v) is 15.0. The Morgan fingerprint density at radius 1 is 0.533 bits per heavy atom. The molecule has 75 heavy (non-hydrogen) atoms. The fraction of sp³-hybridized carbons (Fsp3) is 0.217. The first-order valence-corrected chi connectivity index (χ1v) is 25.9. The van der Waals surface area contributed by atoms with E-state index in [2.05, 4.69) is 247 Å². The predicted octanol–water partition coefficient (Wildman–Crippen LogP) is 18.9. The second-order valence-electron chi connectivity index (χ2n) is 23.4. The van der Waals surface area contributed by atoms with Gasteiger partial charge in [-0.05, 0) is 135 Å². The maximum Gasteiger partial charge on any atom is 0.135 e. The summed E-state index contributed by atoms with van der Waals surface area (Å²) in [6.07, 6.45) is 1.91. The molecule has 0 fully saturated rings. The number of fused-ring (bicyclic) bond motifs is 10. The summed E-state index contributed by atoms with van der Waals surface area (Å²) >= 11 is 0. The Bertz CT molecular complexity index is 4160. The van der Waals surface area contributed by atoms with Gasteiger partial charge in [0, 0.05) is 51.3 Å². The molecular weight excluding hydrogens is 1100 g/mol. The molecule has 5 nitrogen and oxygen atoms in total. The monoisotopic (exact) mass is 1160 g/mol. The van der Waals surface area contributed by atoms with Crippen LogP contribution in [-0.4, -0.2) is 14.1 Å². The Kier molecular flexibility index (Phi) is 12.0. The second kappa shape index (κ2) is 18.5. The van der Waals surface area contributed by atoms with Crippen LogP contribution in [0.1, 0.15) is 106 Å². The van der Waals surface area contributed by atoms with Crippen molar-refractivity contribution in [1.82, 2.24) is 14.1 Å². The zero-order valence-corrected chi connectivity index (χ0v) is 47.0. The maximum absolute atomic E-state index is 9.33. The molecular formula is C69H63N4OPt-3. The van der Waals surface area contributed by atoms with Gasteiger partial charge in [-0.1, -0.05) is 197 Å². The average Bonchev–Trinajstić information content (AvgIpc) is 3.98. The molecule has 6 heteroatoms. The summed E-state index contributed by atoms with van der Waals surface area (Å²) in [6.45, 7) is 26.6. The van der Waals surface area contributed by atoms with Crippen LogP contribution in [0.25, 0.3) is 82.1 Å². The molecule has 4 heterocycles. The first kappa shape index (κ1) is 48.6. The molecule has 0 bridgehead atoms. The average molecular weight is 1160 g/mol. The Balaban J connectivity index is 0.00000616. The van der Waals surface area contributed by atoms with Gasteiger partial charge >= 0.3 is 0 Å². The van der Waals surface area contributed by atoms with Gasteiger partial charge < -0.3 is 18.8 Å². The Morgan fingerprint density at radius 2 is 1.13 bits per heavy atom. The van der Waals surface area contributed by atoms with Crippen LogP contribution in [0.5, 0.6) is 11.5 Å². The molecule has 0 saturated carbocycles. The number of nitrogens with zero attached hydrogens (tertiary/aromatic N) is 4. The van der Waals surface area contributed by atoms with Gasteiger partial charge in [0.1, 0.15) is 5.82 Å². The van der Waals surface area contributed by atoms with Gasteiger partial charge in [0.2, 0.25) is 0 Å². The number of anilines is 2. The minimum atomic E-state index is -0.815. The number of aromatic nitrogens is 3. The van der Waals surface area contributed by atoms with Gasteiger partial charge in [0.15, 0.2) is 0 Å². The molecule has 8 aromatic carbocycles. The number of para-hydroxylation sites is 2. The molecule has 12 rings (SSSR count). The summed E-state index contributed by atoms with van der Waals surface area (Å²) in [4.78, 5) is 7.20. The minimum Gasteiger partial charge on any atom is -0.509 e. The van der Waals surface area contributed by atoms with E-state index in [1.165, 1.54) is 32.8 Å². The molecule has 0 aliphatic carbocycles. The van der Waals surface area contributed by atoms with Crippen LogP contribution in [-0.2, 0) is 37.3 Å². The summed E-state index contributed by atoms with van der Waals surface area (Å²) in [5, 5.41) is 9.15. The number of pyridine rings is 1. The van der Waals surface area contributed by atoms with Crippen molar-refractivity contribution in [3.8, 4) is 28.4 Å². The van der Waals surface area contributed by atoms with Crippen LogP contribution in [0.15, 0.2) is 170 Å². The van der Waals surface area contributed by atoms with Gasteiger partial charge in [-0.3, -0.25) is 0 Å². The van der Waals surface area contributed by atoms with Crippen molar-refractivity contribution >= 4 is 76.5 Å². The summed E-state index contributed by atoms with van der Waals surface area (Å²) < 4.78 is 20.8. The van der Waals surface area contributed by atoms with E-state index in [4.69, 9.17) is 9.72 Å². The van der Waals surface area contributed by atoms with Gasteiger partial charge in [0.05, 0.1) is 0 Å². The van der Waals surface area contributed by atoms with E-state index >= 15 is 0 Å². The van der Waals surface area contributed by atoms with E-state index in [0.29, 0.717) is 11.5 Å². The van der Waals surface area contributed by atoms with Crippen LogP contribution >= 0.6 is 0 Å². The summed E-state index contributed by atoms with van der Waals surface area (Å²) in [5.41, 5.74) is 12.4. The smallest absolute Gasteiger partial charge is 0.135 e. The summed E-state index contributed by atoms with van der Waals surface area (Å²) in [6, 6.07) is 66.6. The van der Waals surface area contributed by atoms with E-state index in [-0.39, 0.29) is 37.3 Å².